The molecule has 0 amide bonds. The molecular weight excluding hydrogens is 202 g/mol. The predicted molar refractivity (Wildman–Crippen MR) is 61.1 cm³/mol. The largest absolute Gasteiger partial charge is 0.710 e. The molecule has 0 atom stereocenters. The number of hydrogen-bond donors (Lipinski definition) is 0. The molecule has 4 heteroatoms. The molecule has 1 aromatic carbocycles. The molecule has 0 bridgehead atoms. The zero-order chi connectivity index (χ0) is 11.4. The van der Waals surface area contributed by atoms with Gasteiger partial charge in [0, 0.05) is 0 Å². The average Bonchev–Trinajstić information content (AvgIpc) is 2.30. The van der Waals surface area contributed by atoms with Crippen molar-refractivity contribution in [3.8, 4) is 0 Å². The van der Waals surface area contributed by atoms with Crippen molar-refractivity contribution in [2.24, 2.45) is 0 Å². The summed E-state index contributed by atoms with van der Waals surface area (Å²) in [6.45, 7) is 1.76. The van der Waals surface area contributed by atoms with Crippen LogP contribution in [-0.4, -0.2) is 10.2 Å². The molecule has 0 unspecified atom stereocenters. The van der Waals surface area contributed by atoms with Crippen LogP contribution < -0.4 is 4.73 Å². The van der Waals surface area contributed by atoms with Gasteiger partial charge in [0.05, 0.1) is 5.10 Å². The topological polar surface area (TPSA) is 52.7 Å². The lowest BCUT2D eigenvalue weighted by Crippen LogP contribution is -2.32. The van der Waals surface area contributed by atoms with Crippen LogP contribution in [0.2, 0.25) is 0 Å². The molecule has 4 nitrogen and oxygen atoms in total. The third-order valence-electron chi connectivity index (χ3n) is 2.21. The van der Waals surface area contributed by atoms with Gasteiger partial charge in [-0.3, -0.25) is 0 Å². The second kappa shape index (κ2) is 4.53. The van der Waals surface area contributed by atoms with Crippen molar-refractivity contribution in [1.29, 1.82) is 0 Å². The zero-order valence-corrected chi connectivity index (χ0v) is 8.87. The predicted octanol–water partition coefficient (Wildman–Crippen LogP) is 1.59. The van der Waals surface area contributed by atoms with Crippen LogP contribution in [0.3, 0.4) is 0 Å². The number of aryl methyl sites for hydroxylation is 1. The Balaban J connectivity index is 2.31. The molecule has 2 aromatic rings. The molecule has 0 spiro atoms. The van der Waals surface area contributed by atoms with E-state index in [2.05, 4.69) is 10.2 Å². The fourth-order valence-electron chi connectivity index (χ4n) is 1.37. The number of rotatable bonds is 2. The van der Waals surface area contributed by atoms with Crippen LogP contribution in [0.4, 0.5) is 0 Å². The minimum atomic E-state index is 0.513. The standard InChI is InChI=1S/C12H11N3O/c1-10-12(15(16)9-13-14-10)8-7-11-5-3-2-4-6-11/h2-9H,1H3/b8-7+. The highest BCUT2D eigenvalue weighted by molar-refractivity contribution is 5.67. The highest BCUT2D eigenvalue weighted by Crippen LogP contribution is 2.06. The smallest absolute Gasteiger partial charge is 0.318 e. The van der Waals surface area contributed by atoms with Crippen LogP contribution in [0.5, 0.6) is 0 Å². The Kier molecular flexibility index (Phi) is 2.91. The first-order chi connectivity index (χ1) is 7.77. The molecular formula is C12H11N3O. The summed E-state index contributed by atoms with van der Waals surface area (Å²) in [5, 5.41) is 18.8. The van der Waals surface area contributed by atoms with E-state index in [4.69, 9.17) is 0 Å². The Morgan fingerprint density at radius 2 is 1.94 bits per heavy atom. The molecule has 0 fully saturated rings. The van der Waals surface area contributed by atoms with Gasteiger partial charge in [0.2, 0.25) is 0 Å². The number of hydrogen-bond acceptors (Lipinski definition) is 3. The number of aromatic nitrogens is 3. The number of nitrogens with zero attached hydrogens (tertiary/aromatic N) is 3. The van der Waals surface area contributed by atoms with Crippen molar-refractivity contribution in [1.82, 2.24) is 10.2 Å². The van der Waals surface area contributed by atoms with Crippen molar-refractivity contribution in [2.45, 2.75) is 6.92 Å². The second-order valence-corrected chi connectivity index (χ2v) is 3.37. The Bertz CT molecular complexity index is 489. The van der Waals surface area contributed by atoms with Crippen molar-refractivity contribution < 1.29 is 4.73 Å². The van der Waals surface area contributed by atoms with Crippen molar-refractivity contribution in [2.75, 3.05) is 0 Å². The van der Waals surface area contributed by atoms with E-state index in [1.54, 1.807) is 13.0 Å². The summed E-state index contributed by atoms with van der Waals surface area (Å²) in [5.74, 6) is 0. The first-order valence-corrected chi connectivity index (χ1v) is 4.92. The summed E-state index contributed by atoms with van der Waals surface area (Å²) in [6.07, 6.45) is 4.77. The minimum absolute atomic E-state index is 0.513. The maximum atomic E-state index is 11.4. The Labute approximate surface area is 93.5 Å². The van der Waals surface area contributed by atoms with Crippen LogP contribution in [0.25, 0.3) is 12.2 Å². The summed E-state index contributed by atoms with van der Waals surface area (Å²) in [7, 11) is 0. The zero-order valence-electron chi connectivity index (χ0n) is 8.87. The van der Waals surface area contributed by atoms with Crippen LogP contribution in [0, 0.1) is 12.1 Å². The lowest BCUT2D eigenvalue weighted by Gasteiger charge is -2.04. The fourth-order valence-corrected chi connectivity index (χ4v) is 1.37. The molecule has 0 radical (unpaired) electrons. The normalized spacial score (nSPS) is 10.8. The van der Waals surface area contributed by atoms with Gasteiger partial charge in [-0.2, -0.15) is 0 Å². The third-order valence-corrected chi connectivity index (χ3v) is 2.21. The second-order valence-electron chi connectivity index (χ2n) is 3.37. The molecule has 0 saturated heterocycles. The first kappa shape index (κ1) is 10.3. The van der Waals surface area contributed by atoms with Gasteiger partial charge in [-0.05, 0) is 23.7 Å². The quantitative estimate of drug-likeness (QED) is 0.562. The van der Waals surface area contributed by atoms with E-state index < -0.39 is 0 Å². The van der Waals surface area contributed by atoms with Crippen molar-refractivity contribution >= 4 is 12.2 Å². The molecule has 80 valence electrons. The first-order valence-electron chi connectivity index (χ1n) is 4.92. The monoisotopic (exact) mass is 213 g/mol. The fraction of sp³-hybridized carbons (Fsp3) is 0.0833. The van der Waals surface area contributed by atoms with E-state index in [-0.39, 0.29) is 0 Å². The van der Waals surface area contributed by atoms with E-state index in [0.29, 0.717) is 16.1 Å². The lowest BCUT2D eigenvalue weighted by molar-refractivity contribution is -0.612. The molecule has 1 aromatic heterocycles. The van der Waals surface area contributed by atoms with E-state index >= 15 is 0 Å². The van der Waals surface area contributed by atoms with Crippen LogP contribution in [-0.2, 0) is 0 Å². The van der Waals surface area contributed by atoms with Crippen LogP contribution in [0.1, 0.15) is 17.0 Å². The SMILES string of the molecule is Cc1nnc[n+]([O-])c1/C=C/c1ccccc1. The Morgan fingerprint density at radius 3 is 2.62 bits per heavy atom. The van der Waals surface area contributed by atoms with Gasteiger partial charge in [-0.25, -0.2) is 4.73 Å². The van der Waals surface area contributed by atoms with E-state index in [0.717, 1.165) is 11.9 Å². The molecule has 0 aliphatic heterocycles. The average molecular weight is 213 g/mol. The molecule has 0 N–H and O–H groups in total. The Hall–Kier alpha value is -2.23. The highest BCUT2D eigenvalue weighted by Gasteiger charge is 2.03. The molecule has 16 heavy (non-hydrogen) atoms. The van der Waals surface area contributed by atoms with Gasteiger partial charge in [0.15, 0.2) is 5.69 Å². The Morgan fingerprint density at radius 1 is 1.19 bits per heavy atom. The molecule has 1 heterocycles. The van der Waals surface area contributed by atoms with Crippen molar-refractivity contribution in [3.63, 3.8) is 0 Å². The van der Waals surface area contributed by atoms with Crippen LogP contribution in [0.15, 0.2) is 36.7 Å². The minimum Gasteiger partial charge on any atom is -0.710 e. The molecule has 0 aliphatic rings. The van der Waals surface area contributed by atoms with Gasteiger partial charge < -0.3 is 5.21 Å². The molecule has 2 rings (SSSR count). The van der Waals surface area contributed by atoms with Gasteiger partial charge in [-0.15, -0.1) is 0 Å². The van der Waals surface area contributed by atoms with E-state index in [9.17, 15) is 5.21 Å². The summed E-state index contributed by atoms with van der Waals surface area (Å²) in [4.78, 5) is 0. The maximum absolute atomic E-state index is 11.4. The maximum Gasteiger partial charge on any atom is 0.318 e. The van der Waals surface area contributed by atoms with Crippen molar-refractivity contribution in [3.05, 3.63) is 58.8 Å². The van der Waals surface area contributed by atoms with E-state index in [1.807, 2.05) is 36.4 Å². The number of benzene rings is 1. The molecule has 0 saturated carbocycles. The van der Waals surface area contributed by atoms with Gasteiger partial charge in [-0.1, -0.05) is 36.4 Å². The summed E-state index contributed by atoms with van der Waals surface area (Å²) >= 11 is 0. The van der Waals surface area contributed by atoms with Gasteiger partial charge >= 0.3 is 6.33 Å². The summed E-state index contributed by atoms with van der Waals surface area (Å²) in [5.41, 5.74) is 2.17. The summed E-state index contributed by atoms with van der Waals surface area (Å²) in [6, 6.07) is 9.78. The van der Waals surface area contributed by atoms with Crippen LogP contribution >= 0.6 is 0 Å². The highest BCUT2D eigenvalue weighted by atomic mass is 16.5. The summed E-state index contributed by atoms with van der Waals surface area (Å²) < 4.78 is 0.710. The van der Waals surface area contributed by atoms with E-state index in [1.165, 1.54) is 0 Å². The third kappa shape index (κ3) is 2.23. The van der Waals surface area contributed by atoms with Gasteiger partial charge in [0.25, 0.3) is 0 Å². The van der Waals surface area contributed by atoms with Gasteiger partial charge in [0.1, 0.15) is 5.69 Å². The lowest BCUT2D eigenvalue weighted by atomic mass is 10.2. The molecule has 0 aliphatic carbocycles.